The molecule has 6 heteroatoms. The van der Waals surface area contributed by atoms with Crippen molar-refractivity contribution in [1.29, 1.82) is 0 Å². The highest BCUT2D eigenvalue weighted by atomic mass is 35.5. The molecular formula is C19H21ClFN3O. The molecule has 3 rings (SSSR count). The van der Waals surface area contributed by atoms with Crippen LogP contribution >= 0.6 is 11.6 Å². The van der Waals surface area contributed by atoms with Gasteiger partial charge in [0.1, 0.15) is 5.82 Å². The van der Waals surface area contributed by atoms with Gasteiger partial charge in [-0.15, -0.1) is 0 Å². The summed E-state index contributed by atoms with van der Waals surface area (Å²) in [6, 6.07) is 12.0. The standard InChI is InChI=1S/C19H21ClFN3O/c1-13-11-23(12-14-2-7-17(20)18(21)10-14)8-9-24(13)19(25)15-3-5-16(22)6-4-15/h2-7,10,13H,8-9,11-12,22H2,1H3/t13-/m0/s1. The molecule has 0 spiro atoms. The normalized spacial score (nSPS) is 18.4. The topological polar surface area (TPSA) is 49.6 Å². The first-order chi connectivity index (χ1) is 11.9. The molecular weight excluding hydrogens is 341 g/mol. The largest absolute Gasteiger partial charge is 0.399 e. The average molecular weight is 362 g/mol. The van der Waals surface area contributed by atoms with Gasteiger partial charge in [-0.25, -0.2) is 4.39 Å². The molecule has 0 aromatic heterocycles. The number of rotatable bonds is 3. The first-order valence-corrected chi connectivity index (χ1v) is 8.64. The average Bonchev–Trinajstić information content (AvgIpc) is 2.58. The second kappa shape index (κ2) is 7.42. The second-order valence-electron chi connectivity index (χ2n) is 6.45. The highest BCUT2D eigenvalue weighted by Gasteiger charge is 2.28. The van der Waals surface area contributed by atoms with E-state index >= 15 is 0 Å². The van der Waals surface area contributed by atoms with Crippen LogP contribution in [0.5, 0.6) is 0 Å². The molecule has 0 aliphatic carbocycles. The van der Waals surface area contributed by atoms with Crippen LogP contribution in [0.3, 0.4) is 0 Å². The van der Waals surface area contributed by atoms with Crippen molar-refractivity contribution >= 4 is 23.2 Å². The Kier molecular flexibility index (Phi) is 5.25. The monoisotopic (exact) mass is 361 g/mol. The van der Waals surface area contributed by atoms with E-state index < -0.39 is 5.82 Å². The fourth-order valence-corrected chi connectivity index (χ4v) is 3.28. The summed E-state index contributed by atoms with van der Waals surface area (Å²) in [6.45, 7) is 4.80. The summed E-state index contributed by atoms with van der Waals surface area (Å²) in [7, 11) is 0. The molecule has 25 heavy (non-hydrogen) atoms. The van der Waals surface area contributed by atoms with Crippen molar-refractivity contribution in [1.82, 2.24) is 9.80 Å². The maximum atomic E-state index is 13.6. The van der Waals surface area contributed by atoms with Gasteiger partial charge in [-0.1, -0.05) is 17.7 Å². The number of amides is 1. The van der Waals surface area contributed by atoms with Crippen molar-refractivity contribution in [2.24, 2.45) is 0 Å². The van der Waals surface area contributed by atoms with Crippen molar-refractivity contribution in [3.8, 4) is 0 Å². The number of nitrogens with two attached hydrogens (primary N) is 1. The van der Waals surface area contributed by atoms with E-state index in [2.05, 4.69) is 4.90 Å². The lowest BCUT2D eigenvalue weighted by atomic mass is 10.1. The van der Waals surface area contributed by atoms with E-state index in [9.17, 15) is 9.18 Å². The molecule has 0 saturated carbocycles. The molecule has 1 heterocycles. The summed E-state index contributed by atoms with van der Waals surface area (Å²) in [4.78, 5) is 16.8. The summed E-state index contributed by atoms with van der Waals surface area (Å²) in [5.74, 6) is -0.380. The van der Waals surface area contributed by atoms with E-state index in [-0.39, 0.29) is 17.0 Å². The van der Waals surface area contributed by atoms with Gasteiger partial charge in [-0.05, 0) is 48.9 Å². The minimum Gasteiger partial charge on any atom is -0.399 e. The number of carbonyl (C=O) groups is 1. The van der Waals surface area contributed by atoms with Gasteiger partial charge in [-0.3, -0.25) is 9.69 Å². The van der Waals surface area contributed by atoms with Crippen LogP contribution in [0.2, 0.25) is 5.02 Å². The fourth-order valence-electron chi connectivity index (χ4n) is 3.17. The predicted octanol–water partition coefficient (Wildman–Crippen LogP) is 3.41. The summed E-state index contributed by atoms with van der Waals surface area (Å²) in [5, 5.41) is 0.135. The molecule has 1 aliphatic heterocycles. The Morgan fingerprint density at radius 2 is 1.96 bits per heavy atom. The predicted molar refractivity (Wildman–Crippen MR) is 98.0 cm³/mol. The van der Waals surface area contributed by atoms with Gasteiger partial charge in [0.05, 0.1) is 5.02 Å². The van der Waals surface area contributed by atoms with Crippen molar-refractivity contribution in [3.05, 3.63) is 64.4 Å². The summed E-state index contributed by atoms with van der Waals surface area (Å²) >= 11 is 5.73. The lowest BCUT2D eigenvalue weighted by molar-refractivity contribution is 0.0475. The number of nitrogen functional groups attached to an aromatic ring is 1. The third-order valence-corrected chi connectivity index (χ3v) is 4.83. The zero-order chi connectivity index (χ0) is 18.0. The van der Waals surface area contributed by atoms with Gasteiger partial charge in [0.2, 0.25) is 0 Å². The van der Waals surface area contributed by atoms with E-state index in [1.54, 1.807) is 30.3 Å². The van der Waals surface area contributed by atoms with Crippen LogP contribution in [0.4, 0.5) is 10.1 Å². The molecule has 132 valence electrons. The SMILES string of the molecule is C[C@H]1CN(Cc2ccc(Cl)c(F)c2)CCN1C(=O)c1ccc(N)cc1. The van der Waals surface area contributed by atoms with Crippen molar-refractivity contribution < 1.29 is 9.18 Å². The Labute approximate surface area is 152 Å². The number of halogens is 2. The van der Waals surface area contributed by atoms with Crippen molar-refractivity contribution in [2.45, 2.75) is 19.5 Å². The quantitative estimate of drug-likeness (QED) is 0.852. The molecule has 1 saturated heterocycles. The van der Waals surface area contributed by atoms with E-state index in [4.69, 9.17) is 17.3 Å². The van der Waals surface area contributed by atoms with Crippen LogP contribution in [0.15, 0.2) is 42.5 Å². The van der Waals surface area contributed by atoms with E-state index in [1.165, 1.54) is 6.07 Å². The Morgan fingerprint density at radius 1 is 1.24 bits per heavy atom. The molecule has 0 radical (unpaired) electrons. The van der Waals surface area contributed by atoms with Gasteiger partial charge in [0.25, 0.3) is 5.91 Å². The first kappa shape index (κ1) is 17.7. The first-order valence-electron chi connectivity index (χ1n) is 8.27. The molecule has 1 amide bonds. The minimum atomic E-state index is -0.399. The third kappa shape index (κ3) is 4.11. The smallest absolute Gasteiger partial charge is 0.254 e. The highest BCUT2D eigenvalue weighted by molar-refractivity contribution is 6.30. The Bertz CT molecular complexity index is 766. The van der Waals surface area contributed by atoms with E-state index in [1.807, 2.05) is 17.9 Å². The number of carbonyl (C=O) groups excluding carboxylic acids is 1. The maximum Gasteiger partial charge on any atom is 0.254 e. The molecule has 1 atom stereocenters. The molecule has 2 aromatic carbocycles. The second-order valence-corrected chi connectivity index (χ2v) is 6.86. The Hall–Kier alpha value is -2.11. The number of benzene rings is 2. The molecule has 0 unspecified atom stereocenters. The van der Waals surface area contributed by atoms with Gasteiger partial charge in [0, 0.05) is 43.5 Å². The van der Waals surface area contributed by atoms with Gasteiger partial charge < -0.3 is 10.6 Å². The lowest BCUT2D eigenvalue weighted by Crippen LogP contribution is -2.53. The van der Waals surface area contributed by atoms with Crippen LogP contribution in [0.1, 0.15) is 22.8 Å². The molecule has 0 bridgehead atoms. The zero-order valence-electron chi connectivity index (χ0n) is 14.1. The van der Waals surface area contributed by atoms with E-state index in [0.717, 1.165) is 18.7 Å². The number of hydrogen-bond acceptors (Lipinski definition) is 3. The molecule has 2 aromatic rings. The highest BCUT2D eigenvalue weighted by Crippen LogP contribution is 2.20. The fraction of sp³-hybridized carbons (Fsp3) is 0.316. The summed E-state index contributed by atoms with van der Waals surface area (Å²) < 4.78 is 13.6. The van der Waals surface area contributed by atoms with Crippen LogP contribution in [-0.4, -0.2) is 41.4 Å². The third-order valence-electron chi connectivity index (χ3n) is 4.52. The van der Waals surface area contributed by atoms with Crippen molar-refractivity contribution in [3.63, 3.8) is 0 Å². The zero-order valence-corrected chi connectivity index (χ0v) is 14.8. The van der Waals surface area contributed by atoms with Crippen LogP contribution in [0, 0.1) is 5.82 Å². The summed E-state index contributed by atoms with van der Waals surface area (Å²) in [5.41, 5.74) is 7.85. The molecule has 2 N–H and O–H groups in total. The number of piperazine rings is 1. The molecule has 4 nitrogen and oxygen atoms in total. The number of anilines is 1. The van der Waals surface area contributed by atoms with Crippen LogP contribution in [0.25, 0.3) is 0 Å². The van der Waals surface area contributed by atoms with Crippen molar-refractivity contribution in [2.75, 3.05) is 25.4 Å². The van der Waals surface area contributed by atoms with Gasteiger partial charge in [-0.2, -0.15) is 0 Å². The Morgan fingerprint density at radius 3 is 2.60 bits per heavy atom. The number of nitrogens with zero attached hydrogens (tertiary/aromatic N) is 2. The van der Waals surface area contributed by atoms with Gasteiger partial charge >= 0.3 is 0 Å². The maximum absolute atomic E-state index is 13.6. The van der Waals surface area contributed by atoms with E-state index in [0.29, 0.717) is 24.3 Å². The summed E-state index contributed by atoms with van der Waals surface area (Å²) in [6.07, 6.45) is 0. The number of hydrogen-bond donors (Lipinski definition) is 1. The van der Waals surface area contributed by atoms with Crippen LogP contribution < -0.4 is 5.73 Å². The molecule has 1 aliphatic rings. The Balaban J connectivity index is 1.63. The minimum absolute atomic E-state index is 0.0182. The molecule has 1 fully saturated rings. The van der Waals surface area contributed by atoms with Gasteiger partial charge in [0.15, 0.2) is 0 Å². The lowest BCUT2D eigenvalue weighted by Gasteiger charge is -2.40. The van der Waals surface area contributed by atoms with Crippen LogP contribution in [-0.2, 0) is 6.54 Å².